The van der Waals surface area contributed by atoms with Gasteiger partial charge in [0.05, 0.1) is 17.4 Å². The van der Waals surface area contributed by atoms with Crippen molar-refractivity contribution in [3.05, 3.63) is 54.1 Å². The van der Waals surface area contributed by atoms with Crippen LogP contribution < -0.4 is 16.0 Å². The predicted molar refractivity (Wildman–Crippen MR) is 124 cm³/mol. The topological polar surface area (TPSA) is 111 Å². The molecule has 1 aliphatic heterocycles. The maximum atomic E-state index is 12.3. The van der Waals surface area contributed by atoms with E-state index >= 15 is 0 Å². The molecule has 0 radical (unpaired) electrons. The summed E-state index contributed by atoms with van der Waals surface area (Å²) in [6.07, 6.45) is 0. The first-order valence-corrected chi connectivity index (χ1v) is 10.6. The number of nitriles is 1. The Morgan fingerprint density at radius 1 is 1.16 bits per heavy atom. The number of piperazine rings is 1. The first kappa shape index (κ1) is 21.4. The van der Waals surface area contributed by atoms with Crippen LogP contribution in [0.25, 0.3) is 22.6 Å². The van der Waals surface area contributed by atoms with Gasteiger partial charge >= 0.3 is 0 Å². The number of carbonyl (C=O) groups excluding carboxylic acids is 1. The van der Waals surface area contributed by atoms with E-state index in [9.17, 15) is 4.79 Å². The zero-order chi connectivity index (χ0) is 22.7. The van der Waals surface area contributed by atoms with Crippen molar-refractivity contribution < 1.29 is 9.32 Å². The Labute approximate surface area is 187 Å². The van der Waals surface area contributed by atoms with E-state index in [0.717, 1.165) is 43.0 Å². The summed E-state index contributed by atoms with van der Waals surface area (Å²) < 4.78 is 5.57. The lowest BCUT2D eigenvalue weighted by atomic mass is 10.1. The Balaban J connectivity index is 1.53. The summed E-state index contributed by atoms with van der Waals surface area (Å²) in [6, 6.07) is 16.2. The van der Waals surface area contributed by atoms with Crippen molar-refractivity contribution in [3.8, 4) is 28.7 Å². The number of likely N-dealkylation sites (N-methyl/N-ethyl adjacent to an activating group) is 1. The van der Waals surface area contributed by atoms with Crippen LogP contribution in [0.15, 0.2) is 53.1 Å². The number of hydrogen-bond acceptors (Lipinski definition) is 7. The molecule has 32 heavy (non-hydrogen) atoms. The van der Waals surface area contributed by atoms with E-state index in [4.69, 9.17) is 15.5 Å². The van der Waals surface area contributed by atoms with E-state index < -0.39 is 6.04 Å². The van der Waals surface area contributed by atoms with E-state index in [1.54, 1.807) is 25.1 Å². The maximum Gasteiger partial charge on any atom is 0.252 e. The largest absolute Gasteiger partial charge is 0.397 e. The Hall–Kier alpha value is -3.83. The van der Waals surface area contributed by atoms with Crippen molar-refractivity contribution >= 4 is 17.3 Å². The van der Waals surface area contributed by atoms with Gasteiger partial charge in [-0.05, 0) is 44.3 Å². The van der Waals surface area contributed by atoms with E-state index in [-0.39, 0.29) is 5.91 Å². The van der Waals surface area contributed by atoms with Gasteiger partial charge in [-0.1, -0.05) is 17.3 Å². The van der Waals surface area contributed by atoms with Crippen molar-refractivity contribution in [1.82, 2.24) is 15.4 Å². The third-order valence-corrected chi connectivity index (χ3v) is 5.63. The van der Waals surface area contributed by atoms with E-state index in [1.807, 2.05) is 36.4 Å². The van der Waals surface area contributed by atoms with Crippen LogP contribution in [-0.2, 0) is 0 Å². The lowest BCUT2D eigenvalue weighted by molar-refractivity contribution is 0.0948. The van der Waals surface area contributed by atoms with Crippen molar-refractivity contribution in [2.24, 2.45) is 0 Å². The highest BCUT2D eigenvalue weighted by atomic mass is 16.5. The number of benzene rings is 2. The van der Waals surface area contributed by atoms with E-state index in [2.05, 4.69) is 27.3 Å². The number of nitrogens with one attached hydrogen (secondary N) is 1. The molecule has 4 rings (SSSR count). The molecule has 1 aromatic heterocycles. The minimum atomic E-state index is -0.566. The fraction of sp³-hybridized carbons (Fsp3) is 0.292. The summed E-state index contributed by atoms with van der Waals surface area (Å²) >= 11 is 0. The molecule has 1 aliphatic rings. The van der Waals surface area contributed by atoms with E-state index in [1.165, 1.54) is 0 Å². The first-order valence-electron chi connectivity index (χ1n) is 10.6. The van der Waals surface area contributed by atoms with Crippen LogP contribution in [-0.4, -0.2) is 55.2 Å². The number of hydrogen-bond donors (Lipinski definition) is 2. The second kappa shape index (κ2) is 9.12. The van der Waals surface area contributed by atoms with Crippen LogP contribution in [0.2, 0.25) is 0 Å². The number of nitrogens with zero attached hydrogens (tertiary/aromatic N) is 4. The summed E-state index contributed by atoms with van der Waals surface area (Å²) in [4.78, 5) is 16.9. The van der Waals surface area contributed by atoms with Gasteiger partial charge in [0.15, 0.2) is 5.76 Å². The summed E-state index contributed by atoms with van der Waals surface area (Å²) in [7, 11) is 2.13. The Bertz CT molecular complexity index is 1160. The lowest BCUT2D eigenvalue weighted by Crippen LogP contribution is -2.44. The third-order valence-electron chi connectivity index (χ3n) is 5.63. The average Bonchev–Trinajstić information content (AvgIpc) is 3.30. The first-order chi connectivity index (χ1) is 15.4. The maximum absolute atomic E-state index is 12.3. The van der Waals surface area contributed by atoms with Gasteiger partial charge in [0, 0.05) is 48.9 Å². The molecule has 0 spiro atoms. The highest BCUT2D eigenvalue weighted by Gasteiger charge is 2.18. The molecule has 0 aliphatic carbocycles. The molecule has 1 fully saturated rings. The smallest absolute Gasteiger partial charge is 0.252 e. The number of carbonyl (C=O) groups is 1. The van der Waals surface area contributed by atoms with Crippen LogP contribution >= 0.6 is 0 Å². The molecular formula is C24H26N6O2. The van der Waals surface area contributed by atoms with Gasteiger partial charge in [0.2, 0.25) is 0 Å². The quantitative estimate of drug-likeness (QED) is 0.599. The summed E-state index contributed by atoms with van der Waals surface area (Å²) in [5.41, 5.74) is 10.8. The fourth-order valence-electron chi connectivity index (χ4n) is 3.72. The third kappa shape index (κ3) is 4.58. The minimum absolute atomic E-state index is 0.308. The van der Waals surface area contributed by atoms with Crippen LogP contribution in [0, 0.1) is 11.3 Å². The Kier molecular flexibility index (Phi) is 6.10. The van der Waals surface area contributed by atoms with Gasteiger partial charge in [0.25, 0.3) is 5.91 Å². The van der Waals surface area contributed by atoms with Gasteiger partial charge in [-0.25, -0.2) is 0 Å². The fourth-order valence-corrected chi connectivity index (χ4v) is 3.72. The Morgan fingerprint density at radius 3 is 2.66 bits per heavy atom. The molecule has 1 atom stereocenters. The average molecular weight is 431 g/mol. The highest BCUT2D eigenvalue weighted by molar-refractivity contribution is 5.95. The van der Waals surface area contributed by atoms with Gasteiger partial charge in [0.1, 0.15) is 11.7 Å². The molecule has 0 bridgehead atoms. The number of anilines is 2. The number of amides is 1. The number of aromatic nitrogens is 1. The van der Waals surface area contributed by atoms with Gasteiger partial charge in [-0.2, -0.15) is 5.26 Å². The molecule has 164 valence electrons. The summed E-state index contributed by atoms with van der Waals surface area (Å²) in [5, 5.41) is 15.7. The summed E-state index contributed by atoms with van der Waals surface area (Å²) in [6.45, 7) is 5.55. The van der Waals surface area contributed by atoms with E-state index in [0.29, 0.717) is 22.7 Å². The number of nitrogens with two attached hydrogens (primary N) is 1. The molecule has 8 nitrogen and oxygen atoms in total. The zero-order valence-corrected chi connectivity index (χ0v) is 18.2. The number of nitrogen functional groups attached to an aromatic ring is 1. The standard InChI is InChI=1S/C24H26N6O2/c1-16(15-25)27-24(31)19-5-3-4-17(12-19)21-14-23(32-28-21)18-6-7-22(20(26)13-18)30-10-8-29(2)9-11-30/h3-7,12-14,16H,8-11,26H2,1-2H3,(H,27,31). The molecule has 3 aromatic rings. The van der Waals surface area contributed by atoms with Gasteiger partial charge in [-0.15, -0.1) is 0 Å². The van der Waals surface area contributed by atoms with Crippen LogP contribution in [0.4, 0.5) is 11.4 Å². The SMILES string of the molecule is CC(C#N)NC(=O)c1cccc(-c2cc(-c3ccc(N4CCN(C)CC4)c(N)c3)on2)c1. The number of rotatable bonds is 5. The predicted octanol–water partition coefficient (Wildman–Crippen LogP) is 2.98. The molecule has 0 saturated carbocycles. The molecule has 3 N–H and O–H groups in total. The van der Waals surface area contributed by atoms with Crippen molar-refractivity contribution in [2.45, 2.75) is 13.0 Å². The van der Waals surface area contributed by atoms with Crippen molar-refractivity contribution in [3.63, 3.8) is 0 Å². The molecular weight excluding hydrogens is 404 g/mol. The monoisotopic (exact) mass is 430 g/mol. The second-order valence-corrected chi connectivity index (χ2v) is 8.05. The molecule has 1 unspecified atom stereocenters. The van der Waals surface area contributed by atoms with Crippen LogP contribution in [0.3, 0.4) is 0 Å². The second-order valence-electron chi connectivity index (χ2n) is 8.05. The van der Waals surface area contributed by atoms with Gasteiger partial charge in [-0.3, -0.25) is 4.79 Å². The zero-order valence-electron chi connectivity index (χ0n) is 18.2. The van der Waals surface area contributed by atoms with Gasteiger partial charge < -0.3 is 25.4 Å². The van der Waals surface area contributed by atoms with Crippen molar-refractivity contribution in [1.29, 1.82) is 5.26 Å². The molecule has 2 heterocycles. The molecule has 1 saturated heterocycles. The minimum Gasteiger partial charge on any atom is -0.397 e. The normalized spacial score (nSPS) is 15.2. The van der Waals surface area contributed by atoms with Crippen molar-refractivity contribution in [2.75, 3.05) is 43.9 Å². The molecule has 2 aromatic carbocycles. The molecule has 1 amide bonds. The summed E-state index contributed by atoms with van der Waals surface area (Å²) in [5.74, 6) is 0.293. The van der Waals surface area contributed by atoms with Crippen LogP contribution in [0.1, 0.15) is 17.3 Å². The lowest BCUT2D eigenvalue weighted by Gasteiger charge is -2.34. The Morgan fingerprint density at radius 2 is 1.94 bits per heavy atom. The highest BCUT2D eigenvalue weighted by Crippen LogP contribution is 2.32. The van der Waals surface area contributed by atoms with Crippen LogP contribution in [0.5, 0.6) is 0 Å². The molecule has 8 heteroatoms.